The third-order valence-corrected chi connectivity index (χ3v) is 14.1. The topological polar surface area (TPSA) is 202 Å². The zero-order chi connectivity index (χ0) is 52.1. The van der Waals surface area contributed by atoms with E-state index in [1.54, 1.807) is 60.7 Å². The second-order valence-corrected chi connectivity index (χ2v) is 19.3. The molecule has 2 saturated carbocycles. The molecule has 0 unspecified atom stereocenters. The highest BCUT2D eigenvalue weighted by molar-refractivity contribution is 7.22. The van der Waals surface area contributed by atoms with Crippen LogP contribution in [0.1, 0.15) is 81.8 Å². The van der Waals surface area contributed by atoms with E-state index in [-0.39, 0.29) is 24.3 Å². The Kier molecular flexibility index (Phi) is 17.6. The summed E-state index contributed by atoms with van der Waals surface area (Å²) in [5, 5.41) is 1.44. The molecule has 0 saturated heterocycles. The van der Waals surface area contributed by atoms with Crippen molar-refractivity contribution in [1.82, 2.24) is 4.98 Å². The monoisotopic (exact) mass is 1030 g/mol. The third-order valence-electron chi connectivity index (χ3n) is 13.0. The first-order chi connectivity index (χ1) is 35.8. The van der Waals surface area contributed by atoms with Crippen molar-refractivity contribution in [1.29, 1.82) is 0 Å². The van der Waals surface area contributed by atoms with Gasteiger partial charge in [0.15, 0.2) is 22.3 Å². The van der Waals surface area contributed by atoms with Crippen LogP contribution in [0, 0.1) is 37.5 Å². The zero-order valence-electron chi connectivity index (χ0n) is 41.3. The first kappa shape index (κ1) is 52.5. The molecule has 0 atom stereocenters. The molecule has 2 aliphatic carbocycles. The Morgan fingerprint density at radius 1 is 0.581 bits per heavy atom. The molecule has 386 valence electrons. The Balaban J connectivity index is 0.861. The van der Waals surface area contributed by atoms with E-state index in [0.29, 0.717) is 114 Å². The highest BCUT2D eigenvalue weighted by atomic mass is 32.1. The van der Waals surface area contributed by atoms with Gasteiger partial charge in [-0.1, -0.05) is 19.2 Å². The molecule has 2 heterocycles. The standard InChI is InChI=1S/C57H57NO15S/c1-5-49(59)66-29-9-7-8-28-65-40-18-22-42(23-19-40)69-54(61)36-10-14-38(15-11-36)56(63)72-45-26-27-46(52-51(45)58-53(74-52)48-32-44-35(4)30-34(3)31-47(44)71-48)73-57(64)39-16-12-37(13-17-39)55(62)70-43-24-20-41(21-25-43)67-33-68-50(60)6-2/h5-6,18-27,30-32,36-39H,1-2,7-17,28-29,33H2,3-4H3. The van der Waals surface area contributed by atoms with Gasteiger partial charge in [0, 0.05) is 17.5 Å². The molecule has 0 amide bonds. The smallest absolute Gasteiger partial charge is 0.333 e. The summed E-state index contributed by atoms with van der Waals surface area (Å²) in [5.41, 5.74) is 3.13. The van der Waals surface area contributed by atoms with Crippen molar-refractivity contribution in [3.8, 4) is 45.3 Å². The number of fused-ring (bicyclic) bond motifs is 2. The fourth-order valence-corrected chi connectivity index (χ4v) is 9.94. The van der Waals surface area contributed by atoms with Gasteiger partial charge in [0.1, 0.15) is 38.8 Å². The van der Waals surface area contributed by atoms with E-state index >= 15 is 0 Å². The molecule has 2 fully saturated rings. The molecule has 8 rings (SSSR count). The molecule has 0 spiro atoms. The predicted octanol–water partition coefficient (Wildman–Crippen LogP) is 11.3. The van der Waals surface area contributed by atoms with Gasteiger partial charge >= 0.3 is 35.8 Å². The van der Waals surface area contributed by atoms with Gasteiger partial charge in [-0.15, -0.1) is 11.3 Å². The Morgan fingerprint density at radius 3 is 1.64 bits per heavy atom. The van der Waals surface area contributed by atoms with E-state index in [1.165, 1.54) is 11.3 Å². The summed E-state index contributed by atoms with van der Waals surface area (Å²) in [6, 6.07) is 22.3. The van der Waals surface area contributed by atoms with Crippen molar-refractivity contribution in [2.45, 2.75) is 84.5 Å². The lowest BCUT2D eigenvalue weighted by molar-refractivity contribution is -0.145. The maximum absolute atomic E-state index is 13.8. The van der Waals surface area contributed by atoms with Crippen LogP contribution in [0.5, 0.6) is 34.5 Å². The summed E-state index contributed by atoms with van der Waals surface area (Å²) in [5.74, 6) is -1.74. The number of thiazole rings is 1. The largest absolute Gasteiger partial charge is 0.494 e. The van der Waals surface area contributed by atoms with Crippen molar-refractivity contribution in [2.75, 3.05) is 20.0 Å². The van der Waals surface area contributed by atoms with Crippen molar-refractivity contribution < 1.29 is 71.1 Å². The maximum Gasteiger partial charge on any atom is 0.333 e. The minimum Gasteiger partial charge on any atom is -0.494 e. The first-order valence-corrected chi connectivity index (χ1v) is 25.5. The number of hydrogen-bond acceptors (Lipinski definition) is 17. The molecule has 4 aromatic carbocycles. The van der Waals surface area contributed by atoms with Gasteiger partial charge in [0.25, 0.3) is 0 Å². The lowest BCUT2D eigenvalue weighted by Gasteiger charge is -2.26. The second kappa shape index (κ2) is 24.8. The Labute approximate surface area is 431 Å². The van der Waals surface area contributed by atoms with Gasteiger partial charge in [0.2, 0.25) is 6.79 Å². The van der Waals surface area contributed by atoms with Gasteiger partial charge in [-0.05, 0) is 168 Å². The number of rotatable bonds is 21. The van der Waals surface area contributed by atoms with Crippen molar-refractivity contribution >= 4 is 68.3 Å². The van der Waals surface area contributed by atoms with Crippen LogP contribution in [0.2, 0.25) is 0 Å². The molecule has 0 bridgehead atoms. The van der Waals surface area contributed by atoms with E-state index in [9.17, 15) is 28.8 Å². The number of ether oxygens (including phenoxy) is 8. The van der Waals surface area contributed by atoms with Crippen LogP contribution in [-0.2, 0) is 38.2 Å². The average molecular weight is 1030 g/mol. The number of carbonyl (C=O) groups excluding carboxylic acids is 6. The quantitative estimate of drug-likeness (QED) is 0.0216. The molecule has 16 nitrogen and oxygen atoms in total. The molecule has 0 radical (unpaired) electrons. The third kappa shape index (κ3) is 13.6. The molecule has 2 aromatic heterocycles. The molecule has 74 heavy (non-hydrogen) atoms. The molecule has 6 aromatic rings. The highest BCUT2D eigenvalue weighted by Gasteiger charge is 2.35. The average Bonchev–Trinajstić information content (AvgIpc) is 4.06. The number of unbranched alkanes of at least 4 members (excludes halogenated alkanes) is 2. The number of benzene rings is 4. The number of aromatic nitrogens is 1. The number of esters is 6. The van der Waals surface area contributed by atoms with Crippen molar-refractivity contribution in [3.05, 3.63) is 115 Å². The van der Waals surface area contributed by atoms with Gasteiger partial charge in [-0.25, -0.2) is 14.6 Å². The Morgan fingerprint density at radius 2 is 1.07 bits per heavy atom. The maximum atomic E-state index is 13.8. The van der Waals surface area contributed by atoms with Crippen LogP contribution in [0.25, 0.3) is 32.0 Å². The minimum atomic E-state index is -0.612. The summed E-state index contributed by atoms with van der Waals surface area (Å²) >= 11 is 1.25. The lowest BCUT2D eigenvalue weighted by Crippen LogP contribution is -2.30. The normalized spacial score (nSPS) is 17.4. The van der Waals surface area contributed by atoms with Gasteiger partial charge in [0.05, 0.1) is 36.9 Å². The summed E-state index contributed by atoms with van der Waals surface area (Å²) in [4.78, 5) is 81.2. The van der Waals surface area contributed by atoms with Gasteiger partial charge in [-0.2, -0.15) is 0 Å². The summed E-state index contributed by atoms with van der Waals surface area (Å²) in [6.45, 7) is 11.2. The summed E-state index contributed by atoms with van der Waals surface area (Å²) < 4.78 is 51.2. The van der Waals surface area contributed by atoms with E-state index in [1.807, 2.05) is 26.0 Å². The Bertz CT molecular complexity index is 3010. The van der Waals surface area contributed by atoms with E-state index < -0.39 is 53.5 Å². The van der Waals surface area contributed by atoms with Crippen molar-refractivity contribution in [2.24, 2.45) is 23.7 Å². The van der Waals surface area contributed by atoms with Crippen LogP contribution in [0.3, 0.4) is 0 Å². The molecule has 2 aliphatic rings. The number of carbonyl (C=O) groups is 6. The van der Waals surface area contributed by atoms with Crippen LogP contribution in [-0.4, -0.2) is 60.8 Å². The second-order valence-electron chi connectivity index (χ2n) is 18.3. The Hall–Kier alpha value is -7.79. The summed E-state index contributed by atoms with van der Waals surface area (Å²) in [6.07, 6.45) is 7.89. The summed E-state index contributed by atoms with van der Waals surface area (Å²) in [7, 11) is 0. The fraction of sp³-hybridized carbons (Fsp3) is 0.351. The molecular formula is C57H57NO15S. The number of hydrogen-bond donors (Lipinski definition) is 0. The molecule has 0 N–H and O–H groups in total. The first-order valence-electron chi connectivity index (χ1n) is 24.7. The van der Waals surface area contributed by atoms with E-state index in [2.05, 4.69) is 19.2 Å². The lowest BCUT2D eigenvalue weighted by atomic mass is 9.82. The number of nitrogens with zero attached hydrogens (tertiary/aromatic N) is 1. The molecule has 17 heteroatoms. The zero-order valence-corrected chi connectivity index (χ0v) is 42.1. The highest BCUT2D eigenvalue weighted by Crippen LogP contribution is 2.44. The van der Waals surface area contributed by atoms with E-state index in [0.717, 1.165) is 47.9 Å². The molecule has 0 aliphatic heterocycles. The van der Waals surface area contributed by atoms with E-state index in [4.69, 9.17) is 47.3 Å². The SMILES string of the molecule is C=CC(=O)OCCCCCOc1ccc(OC(=O)C2CCC(C(=O)Oc3ccc(OC(=O)C4CCC(C(=O)Oc5ccc(OCOC(=O)C=C)cc5)CC4)c4sc(-c5cc6c(C)cc(C)cc6o5)nc34)CC2)cc1. The van der Waals surface area contributed by atoms with Gasteiger partial charge in [-0.3, -0.25) is 19.2 Å². The van der Waals surface area contributed by atoms with Crippen molar-refractivity contribution in [3.63, 3.8) is 0 Å². The number of furan rings is 1. The van der Waals surface area contributed by atoms with Crippen LogP contribution >= 0.6 is 11.3 Å². The van der Waals surface area contributed by atoms with Crippen LogP contribution in [0.4, 0.5) is 0 Å². The fourth-order valence-electron chi connectivity index (χ4n) is 8.96. The predicted molar refractivity (Wildman–Crippen MR) is 273 cm³/mol. The van der Waals surface area contributed by atoms with Crippen LogP contribution < -0.4 is 28.4 Å². The van der Waals surface area contributed by atoms with Crippen LogP contribution in [0.15, 0.2) is 109 Å². The number of aryl methyl sites for hydroxylation is 2. The minimum absolute atomic E-state index is 0.200. The van der Waals surface area contributed by atoms with Gasteiger partial charge < -0.3 is 42.3 Å². The molecular weight excluding hydrogens is 971 g/mol.